The molecule has 3 aliphatic heterocycles. The van der Waals surface area contributed by atoms with E-state index in [2.05, 4.69) is 66.6 Å². The Bertz CT molecular complexity index is 6040. The molecular formula is C93H94F2N18O11. The van der Waals surface area contributed by atoms with E-state index in [1.165, 1.54) is 30.3 Å². The number of aliphatic hydroxyl groups is 2. The maximum atomic E-state index is 14.2. The van der Waals surface area contributed by atoms with E-state index in [0.717, 1.165) is 45.9 Å². The highest BCUT2D eigenvalue weighted by molar-refractivity contribution is 6.07. The van der Waals surface area contributed by atoms with Gasteiger partial charge in [-0.1, -0.05) is 101 Å². The van der Waals surface area contributed by atoms with E-state index >= 15 is 0 Å². The molecule has 0 saturated heterocycles. The van der Waals surface area contributed by atoms with Crippen LogP contribution in [-0.4, -0.2) is 142 Å². The number of halogens is 2. The van der Waals surface area contributed by atoms with E-state index < -0.39 is 41.6 Å². The lowest BCUT2D eigenvalue weighted by Crippen LogP contribution is -2.38. The lowest BCUT2D eigenvalue weighted by molar-refractivity contribution is -0.116. The number of hydrogen-bond acceptors (Lipinski definition) is 14. The lowest BCUT2D eigenvalue weighted by atomic mass is 9.95. The van der Waals surface area contributed by atoms with E-state index in [1.807, 2.05) is 74.8 Å². The van der Waals surface area contributed by atoms with Gasteiger partial charge in [0.2, 0.25) is 17.7 Å². The molecule has 15 rings (SSSR count). The third-order valence-electron chi connectivity index (χ3n) is 21.4. The number of nitrogens with one attached hydrogen (secondary N) is 9. The number of anilines is 5. The Labute approximate surface area is 713 Å². The minimum absolute atomic E-state index is 0.0654. The third kappa shape index (κ3) is 20.4. The summed E-state index contributed by atoms with van der Waals surface area (Å²) in [5.74, 6) is -4.36. The van der Waals surface area contributed by atoms with Crippen LogP contribution in [0.2, 0.25) is 0 Å². The average molecular weight is 1680 g/mol. The molecule has 0 unspecified atom stereocenters. The van der Waals surface area contributed by atoms with Crippen molar-refractivity contribution in [2.24, 2.45) is 0 Å². The summed E-state index contributed by atoms with van der Waals surface area (Å²) in [6.07, 6.45) is 7.11. The molecule has 6 aromatic heterocycles. The molecule has 636 valence electrons. The van der Waals surface area contributed by atoms with Gasteiger partial charge < -0.3 is 71.8 Å². The fraction of sp³-hybridized carbons (Fsp3) is 0.226. The van der Waals surface area contributed by atoms with Crippen LogP contribution in [0, 0.1) is 18.6 Å². The van der Waals surface area contributed by atoms with Crippen LogP contribution in [0.3, 0.4) is 0 Å². The summed E-state index contributed by atoms with van der Waals surface area (Å²) in [4.78, 5) is 130. The average Bonchev–Trinajstić information content (AvgIpc) is 1.61. The number of carbonyl (C=O) groups is 9. The highest BCUT2D eigenvalue weighted by atomic mass is 19.1. The number of aromatic amines is 3. The quantitative estimate of drug-likeness (QED) is 0.0251. The van der Waals surface area contributed by atoms with Gasteiger partial charge in [-0.2, -0.15) is 15.3 Å². The molecule has 0 fully saturated rings. The summed E-state index contributed by atoms with van der Waals surface area (Å²) in [5, 5.41) is 51.0. The molecule has 0 saturated carbocycles. The van der Waals surface area contributed by atoms with Crippen LogP contribution in [0.25, 0.3) is 0 Å². The number of rotatable bonds is 24. The van der Waals surface area contributed by atoms with Crippen molar-refractivity contribution < 1.29 is 62.1 Å². The Morgan fingerprint density at radius 3 is 1.25 bits per heavy atom. The molecule has 3 aliphatic rings. The van der Waals surface area contributed by atoms with Gasteiger partial charge >= 0.3 is 0 Å². The van der Waals surface area contributed by atoms with Gasteiger partial charge in [0.25, 0.3) is 35.4 Å². The zero-order valence-electron chi connectivity index (χ0n) is 69.1. The van der Waals surface area contributed by atoms with Gasteiger partial charge in [-0.05, 0) is 187 Å². The first-order valence-corrected chi connectivity index (χ1v) is 40.2. The van der Waals surface area contributed by atoms with Gasteiger partial charge in [-0.3, -0.25) is 57.2 Å². The number of H-pyrrole nitrogens is 3. The first-order valence-electron chi connectivity index (χ1n) is 40.2. The van der Waals surface area contributed by atoms with Crippen LogP contribution >= 0.6 is 0 Å². The summed E-state index contributed by atoms with van der Waals surface area (Å²) in [7, 11) is 0. The molecule has 29 nitrogen and oxygen atoms in total. The number of fused-ring (bicyclic) bond motifs is 3. The SMILES string of the molecule is C=CC(=O)NCc1cc(F)ccc1Cn1nc(C(=O)Nc2cccc([C@H](C)O)c2)c2c1[C@H](C)CN(C(=O)c1ccc[nH]1)C2.C=CC(=O)Nc1cc(F)ccc1Cn1nc(C(=O)Nc2cccc([C@H](C)O)c2)c2c1[C@H](C)CN(C(=O)c1ccc[nH]1)C2.C=CC(=O)Nc1cccc(Cn2nc(C(=O)Nc3cccc(C)c3)c3c2[C@H](C)CN(C(=O)c2ccc[nH]2)C3)c1. The van der Waals surface area contributed by atoms with Gasteiger partial charge in [-0.15, -0.1) is 0 Å². The van der Waals surface area contributed by atoms with Crippen molar-refractivity contribution >= 4 is 81.6 Å². The number of amides is 9. The van der Waals surface area contributed by atoms with E-state index in [0.29, 0.717) is 111 Å². The summed E-state index contributed by atoms with van der Waals surface area (Å²) in [5.41, 5.74) is 14.0. The van der Waals surface area contributed by atoms with E-state index in [1.54, 1.807) is 160 Å². The lowest BCUT2D eigenvalue weighted by Gasteiger charge is -2.32. The van der Waals surface area contributed by atoms with Crippen LogP contribution < -0.4 is 31.9 Å². The van der Waals surface area contributed by atoms with Crippen LogP contribution in [0.1, 0.15) is 200 Å². The zero-order chi connectivity index (χ0) is 88.2. The first-order chi connectivity index (χ1) is 59.6. The van der Waals surface area contributed by atoms with Crippen LogP contribution in [0.5, 0.6) is 0 Å². The van der Waals surface area contributed by atoms with Crippen LogP contribution in [0.15, 0.2) is 226 Å². The second kappa shape index (κ2) is 38.6. The number of carbonyl (C=O) groups excluding carboxylic acids is 9. The monoisotopic (exact) mass is 1680 g/mol. The number of benzene rings is 6. The zero-order valence-corrected chi connectivity index (χ0v) is 69.1. The number of aliphatic hydroxyl groups excluding tert-OH is 2. The molecule has 124 heavy (non-hydrogen) atoms. The van der Waals surface area contributed by atoms with E-state index in [4.69, 9.17) is 15.3 Å². The predicted octanol–water partition coefficient (Wildman–Crippen LogP) is 13.6. The molecule has 5 atom stereocenters. The van der Waals surface area contributed by atoms with Crippen molar-refractivity contribution in [2.45, 2.75) is 117 Å². The molecule has 6 aromatic carbocycles. The van der Waals surface area contributed by atoms with Gasteiger partial charge in [0, 0.05) is 125 Å². The number of nitrogens with zero attached hydrogens (tertiary/aromatic N) is 9. The summed E-state index contributed by atoms with van der Waals surface area (Å²) < 4.78 is 33.5. The van der Waals surface area contributed by atoms with Gasteiger partial charge in [0.1, 0.15) is 28.7 Å². The van der Waals surface area contributed by atoms with Crippen molar-refractivity contribution in [3.8, 4) is 0 Å². The number of aryl methyl sites for hydroxylation is 1. The maximum absolute atomic E-state index is 14.2. The fourth-order valence-electron chi connectivity index (χ4n) is 15.6. The second-order valence-corrected chi connectivity index (χ2v) is 30.7. The normalized spacial score (nSPS) is 14.8. The van der Waals surface area contributed by atoms with E-state index in [9.17, 15) is 62.1 Å². The molecular weight excluding hydrogens is 1580 g/mol. The molecule has 9 amide bonds. The smallest absolute Gasteiger partial charge is 0.276 e. The van der Waals surface area contributed by atoms with Crippen molar-refractivity contribution in [3.63, 3.8) is 0 Å². The number of hydrogen-bond donors (Lipinski definition) is 11. The second-order valence-electron chi connectivity index (χ2n) is 30.7. The maximum Gasteiger partial charge on any atom is 0.276 e. The Kier molecular flexibility index (Phi) is 27.0. The van der Waals surface area contributed by atoms with Gasteiger partial charge in [0.15, 0.2) is 17.1 Å². The number of aromatic nitrogens is 9. The fourth-order valence-corrected chi connectivity index (χ4v) is 15.6. The minimum atomic E-state index is -0.714. The molecule has 0 aliphatic carbocycles. The largest absolute Gasteiger partial charge is 0.389 e. The Morgan fingerprint density at radius 1 is 0.444 bits per heavy atom. The highest BCUT2D eigenvalue weighted by Crippen LogP contribution is 2.38. The van der Waals surface area contributed by atoms with Gasteiger partial charge in [-0.25, -0.2) is 8.78 Å². The minimum Gasteiger partial charge on any atom is -0.389 e. The Hall–Kier alpha value is -15.0. The topological polar surface area (TPSA) is 377 Å². The molecule has 12 aromatic rings. The molecule has 0 bridgehead atoms. The standard InChI is InChI=1S/C32H33FN6O4.C31H31FN6O4.C30H30N6O3/c1-4-28(41)35-15-23-13-24(33)11-10-22(23)17-39-30-19(2)16-38(32(43)27-9-6-12-34-27)18-26(30)29(37-39)31(42)36-25-8-5-7-21(14-25)20(3)40;1-4-27(40)35-26-14-22(32)11-10-21(26)16-38-29-18(2)15-37(31(42)25-9-6-12-33-25)17-24(29)28(36-38)30(41)34-23-8-5-7-20(13-23)19(3)39;1-4-26(37)32-23-11-6-9-21(15-23)17-36-28-20(3)16-35(30(39)25-12-7-13-31-25)18-24(28)27(34-36)29(38)33-22-10-5-8-19(2)14-22/h4-14,19-20,34,40H,1,15-18H2,2-3H3,(H,35,41)(H,36,42);4-14,18-19,33,39H,1,15-17H2,2-3H3,(H,34,41)(H,35,40);4-15,20,31H,1,16-18H2,2-3H3,(H,32,37)(H,33,38)/t19-,20+;18-,19+;20-/m111/s1. The van der Waals surface area contributed by atoms with Crippen molar-refractivity contribution in [1.82, 2.24) is 64.3 Å². The molecule has 0 spiro atoms. The molecule has 31 heteroatoms. The molecule has 9 heterocycles. The highest BCUT2D eigenvalue weighted by Gasteiger charge is 2.39. The predicted molar refractivity (Wildman–Crippen MR) is 464 cm³/mol. The van der Waals surface area contributed by atoms with Crippen molar-refractivity contribution in [1.29, 1.82) is 0 Å². The Morgan fingerprint density at radius 2 is 0.831 bits per heavy atom. The van der Waals surface area contributed by atoms with Crippen LogP contribution in [0.4, 0.5) is 37.2 Å². The first kappa shape index (κ1) is 86.9. The summed E-state index contributed by atoms with van der Waals surface area (Å²) in [6.45, 7) is 24.3. The third-order valence-corrected chi connectivity index (χ3v) is 21.4. The Balaban J connectivity index is 0.000000160. The summed E-state index contributed by atoms with van der Waals surface area (Å²) >= 11 is 0. The molecule has 11 N–H and O–H groups in total. The van der Waals surface area contributed by atoms with Crippen LogP contribution in [-0.2, 0) is 60.2 Å². The summed E-state index contributed by atoms with van der Waals surface area (Å²) in [6, 6.07) is 47.7. The molecule has 0 radical (unpaired) electrons. The van der Waals surface area contributed by atoms with Crippen molar-refractivity contribution in [2.75, 3.05) is 46.2 Å². The van der Waals surface area contributed by atoms with E-state index in [-0.39, 0.29) is 110 Å². The van der Waals surface area contributed by atoms with Gasteiger partial charge in [0.05, 0.1) is 51.5 Å². The van der Waals surface area contributed by atoms with Crippen molar-refractivity contribution in [3.05, 3.63) is 345 Å².